The lowest BCUT2D eigenvalue weighted by atomic mass is 10.00. The molecule has 0 spiro atoms. The van der Waals surface area contributed by atoms with Crippen molar-refractivity contribution >= 4 is 29.5 Å². The Balaban J connectivity index is 2.92. The minimum Gasteiger partial charge on any atom is -0.458 e. The number of nitrogens with two attached hydrogens (primary N) is 1. The van der Waals surface area contributed by atoms with Crippen LogP contribution in [0.15, 0.2) is 12.2 Å². The summed E-state index contributed by atoms with van der Waals surface area (Å²) in [6, 6.07) is -2.10. The zero-order valence-electron chi connectivity index (χ0n) is 17.9. The maximum atomic E-state index is 13.0. The first-order valence-electron chi connectivity index (χ1n) is 9.71. The van der Waals surface area contributed by atoms with Crippen LogP contribution in [0.1, 0.15) is 47.5 Å². The predicted octanol–water partition coefficient (Wildman–Crippen LogP) is 1.71. The lowest BCUT2D eigenvalue weighted by Gasteiger charge is -2.35. The summed E-state index contributed by atoms with van der Waals surface area (Å²) in [4.78, 5) is 39.7. The molecule has 0 aromatic carbocycles. The van der Waals surface area contributed by atoms with Gasteiger partial charge in [-0.25, -0.2) is 4.79 Å². The van der Waals surface area contributed by atoms with Gasteiger partial charge >= 0.3 is 5.97 Å². The van der Waals surface area contributed by atoms with Crippen molar-refractivity contribution in [3.63, 3.8) is 0 Å². The third-order valence-electron chi connectivity index (χ3n) is 4.41. The predicted molar refractivity (Wildman–Crippen MR) is 113 cm³/mol. The Hall–Kier alpha value is -1.54. The van der Waals surface area contributed by atoms with Crippen molar-refractivity contribution in [1.82, 2.24) is 10.2 Å². The average molecular weight is 414 g/mol. The van der Waals surface area contributed by atoms with Crippen molar-refractivity contribution < 1.29 is 19.1 Å². The molecule has 0 radical (unpaired) electrons. The smallest absolute Gasteiger partial charge is 0.329 e. The largest absolute Gasteiger partial charge is 0.458 e. The summed E-state index contributed by atoms with van der Waals surface area (Å²) in [5, 5.41) is 2.80. The molecule has 7 nitrogen and oxygen atoms in total. The molecule has 0 aliphatic carbocycles. The second kappa shape index (κ2) is 10.9. The fraction of sp³-hybridized carbons (Fsp3) is 0.750. The van der Waals surface area contributed by atoms with Crippen molar-refractivity contribution in [2.24, 2.45) is 11.7 Å². The van der Waals surface area contributed by atoms with Crippen molar-refractivity contribution in [3.05, 3.63) is 12.2 Å². The van der Waals surface area contributed by atoms with E-state index in [1.54, 1.807) is 32.5 Å². The highest BCUT2D eigenvalue weighted by Crippen LogP contribution is 2.17. The van der Waals surface area contributed by atoms with Gasteiger partial charge in [-0.3, -0.25) is 9.59 Å². The van der Waals surface area contributed by atoms with Crippen LogP contribution in [-0.4, -0.2) is 65.0 Å². The minimum atomic E-state index is -0.749. The van der Waals surface area contributed by atoms with E-state index in [2.05, 4.69) is 5.32 Å². The lowest BCUT2D eigenvalue weighted by Crippen LogP contribution is -2.58. The molecular formula is C20H35N3O4S. The Bertz CT molecular complexity index is 586. The third-order valence-corrected chi connectivity index (χ3v) is 5.06. The first kappa shape index (κ1) is 24.5. The van der Waals surface area contributed by atoms with Gasteiger partial charge in [0.1, 0.15) is 17.7 Å². The maximum Gasteiger partial charge on any atom is 0.329 e. The van der Waals surface area contributed by atoms with Crippen LogP contribution < -0.4 is 11.1 Å². The summed E-state index contributed by atoms with van der Waals surface area (Å²) in [6.45, 7) is 9.45. The van der Waals surface area contributed by atoms with Crippen LogP contribution in [0.3, 0.4) is 0 Å². The molecule has 2 amide bonds. The molecule has 0 saturated carbocycles. The monoisotopic (exact) mass is 413 g/mol. The molecule has 0 saturated heterocycles. The van der Waals surface area contributed by atoms with E-state index >= 15 is 0 Å². The Morgan fingerprint density at radius 3 is 2.46 bits per heavy atom. The lowest BCUT2D eigenvalue weighted by molar-refractivity contribution is -0.159. The van der Waals surface area contributed by atoms with Crippen molar-refractivity contribution in [1.29, 1.82) is 0 Å². The van der Waals surface area contributed by atoms with Crippen LogP contribution in [0.4, 0.5) is 0 Å². The number of hydrogen-bond acceptors (Lipinski definition) is 6. The zero-order valence-corrected chi connectivity index (χ0v) is 18.7. The number of nitrogens with one attached hydrogen (secondary N) is 1. The van der Waals surface area contributed by atoms with E-state index in [4.69, 9.17) is 10.5 Å². The Labute approximate surface area is 172 Å². The van der Waals surface area contributed by atoms with Gasteiger partial charge in [0.15, 0.2) is 0 Å². The van der Waals surface area contributed by atoms with E-state index in [0.29, 0.717) is 25.1 Å². The van der Waals surface area contributed by atoms with Gasteiger partial charge in [0.05, 0.1) is 6.04 Å². The van der Waals surface area contributed by atoms with Crippen LogP contribution in [0.2, 0.25) is 0 Å². The number of rotatable bonds is 8. The van der Waals surface area contributed by atoms with Crippen LogP contribution in [-0.2, 0) is 19.1 Å². The molecule has 0 fully saturated rings. The fourth-order valence-corrected chi connectivity index (χ4v) is 3.23. The molecule has 1 aliphatic rings. The number of ether oxygens (including phenoxy) is 1. The molecule has 1 rings (SSSR count). The van der Waals surface area contributed by atoms with Gasteiger partial charge in [0, 0.05) is 6.54 Å². The Kier molecular flexibility index (Phi) is 9.50. The maximum absolute atomic E-state index is 13.0. The first-order valence-corrected chi connectivity index (χ1v) is 11.1. The first-order chi connectivity index (χ1) is 13.0. The van der Waals surface area contributed by atoms with Crippen LogP contribution in [0.25, 0.3) is 0 Å². The standard InChI is InChI=1S/C20H35N3O4S/c1-13(2)16(21)18(25)23-11-8-7-9-15(23)17(24)22-14(10-12-28-6)19(26)27-20(3,4)5/h7-8,13-16H,9-12,21H2,1-6H3,(H,22,24)/t14-,15-,16-/m0/s1. The second-order valence-corrected chi connectivity index (χ2v) is 9.35. The van der Waals surface area contributed by atoms with Gasteiger partial charge in [-0.1, -0.05) is 26.0 Å². The van der Waals surface area contributed by atoms with E-state index in [0.717, 1.165) is 0 Å². The van der Waals surface area contributed by atoms with Crippen LogP contribution in [0.5, 0.6) is 0 Å². The SMILES string of the molecule is CSCC[C@H](NC(=O)[C@@H]1CC=CCN1C(=O)[C@@H](N)C(C)C)C(=O)OC(C)(C)C. The summed E-state index contributed by atoms with van der Waals surface area (Å²) < 4.78 is 5.45. The molecule has 0 bridgehead atoms. The summed E-state index contributed by atoms with van der Waals surface area (Å²) in [7, 11) is 0. The Morgan fingerprint density at radius 2 is 1.93 bits per heavy atom. The van der Waals surface area contributed by atoms with Gasteiger partial charge < -0.3 is 20.7 Å². The number of carbonyl (C=O) groups is 3. The quantitative estimate of drug-likeness (QED) is 0.464. The second-order valence-electron chi connectivity index (χ2n) is 8.36. The Morgan fingerprint density at radius 1 is 1.29 bits per heavy atom. The summed E-state index contributed by atoms with van der Waals surface area (Å²) in [5.74, 6) is -0.394. The van der Waals surface area contributed by atoms with Crippen LogP contribution in [0, 0.1) is 5.92 Å². The summed E-state index contributed by atoms with van der Waals surface area (Å²) in [5.41, 5.74) is 5.37. The van der Waals surface area contributed by atoms with E-state index < -0.39 is 29.7 Å². The van der Waals surface area contributed by atoms with Gasteiger partial charge in [0.2, 0.25) is 11.8 Å². The summed E-state index contributed by atoms with van der Waals surface area (Å²) >= 11 is 1.59. The highest BCUT2D eigenvalue weighted by Gasteiger charge is 2.36. The molecule has 0 aromatic rings. The number of esters is 1. The molecule has 28 heavy (non-hydrogen) atoms. The molecule has 160 valence electrons. The number of nitrogens with zero attached hydrogens (tertiary/aromatic N) is 1. The highest BCUT2D eigenvalue weighted by atomic mass is 32.2. The highest BCUT2D eigenvalue weighted by molar-refractivity contribution is 7.98. The van der Waals surface area contributed by atoms with Gasteiger partial charge in [-0.05, 0) is 51.5 Å². The average Bonchev–Trinajstić information content (AvgIpc) is 2.62. The van der Waals surface area contributed by atoms with E-state index in [1.807, 2.05) is 32.3 Å². The molecule has 8 heteroatoms. The molecule has 1 aliphatic heterocycles. The number of carbonyl (C=O) groups excluding carboxylic acids is 3. The van der Waals surface area contributed by atoms with Gasteiger partial charge in [-0.2, -0.15) is 11.8 Å². The van der Waals surface area contributed by atoms with Crippen molar-refractivity contribution in [2.75, 3.05) is 18.6 Å². The fourth-order valence-electron chi connectivity index (χ4n) is 2.76. The third kappa shape index (κ3) is 7.47. The molecule has 3 atom stereocenters. The number of amides is 2. The van der Waals surface area contributed by atoms with E-state index in [1.165, 1.54) is 4.90 Å². The van der Waals surface area contributed by atoms with E-state index in [-0.39, 0.29) is 17.7 Å². The van der Waals surface area contributed by atoms with Gasteiger partial charge in [-0.15, -0.1) is 0 Å². The van der Waals surface area contributed by atoms with Gasteiger partial charge in [0.25, 0.3) is 0 Å². The molecular weight excluding hydrogens is 378 g/mol. The van der Waals surface area contributed by atoms with E-state index in [9.17, 15) is 14.4 Å². The zero-order chi connectivity index (χ0) is 21.5. The minimum absolute atomic E-state index is 0.0294. The molecule has 3 N–H and O–H groups in total. The normalized spacial score (nSPS) is 19.3. The number of thioether (sulfide) groups is 1. The summed E-state index contributed by atoms with van der Waals surface area (Å²) in [6.07, 6.45) is 6.52. The molecule has 0 aromatic heterocycles. The molecule has 0 unspecified atom stereocenters. The topological polar surface area (TPSA) is 102 Å². The number of hydrogen-bond donors (Lipinski definition) is 2. The van der Waals surface area contributed by atoms with Crippen molar-refractivity contribution in [2.45, 2.75) is 71.2 Å². The van der Waals surface area contributed by atoms with Crippen molar-refractivity contribution in [3.8, 4) is 0 Å². The van der Waals surface area contributed by atoms with Crippen LogP contribution >= 0.6 is 11.8 Å². The molecule has 1 heterocycles.